The van der Waals surface area contributed by atoms with Gasteiger partial charge in [0.2, 0.25) is 0 Å². The molecule has 1 heterocycles. The van der Waals surface area contributed by atoms with Crippen LogP contribution in [0, 0.1) is 6.92 Å². The topological polar surface area (TPSA) is 45.8 Å². The van der Waals surface area contributed by atoms with Crippen LogP contribution in [0.25, 0.3) is 11.3 Å². The molecule has 1 N–H and O–H groups in total. The van der Waals surface area contributed by atoms with E-state index in [2.05, 4.69) is 45.0 Å². The fraction of sp³-hybridized carbons (Fsp3) is 0.375. The Balaban J connectivity index is 1.86. The van der Waals surface area contributed by atoms with E-state index in [1.165, 1.54) is 11.1 Å². The van der Waals surface area contributed by atoms with Gasteiger partial charge in [0.25, 0.3) is 0 Å². The van der Waals surface area contributed by atoms with Gasteiger partial charge in [0.05, 0.1) is 11.9 Å². The summed E-state index contributed by atoms with van der Waals surface area (Å²) in [6.45, 7) is 2.10. The first-order valence-electron chi connectivity index (χ1n) is 6.96. The molecule has 104 valence electrons. The van der Waals surface area contributed by atoms with Crippen molar-refractivity contribution in [2.24, 2.45) is 0 Å². The van der Waals surface area contributed by atoms with Gasteiger partial charge in [0, 0.05) is 28.8 Å². The van der Waals surface area contributed by atoms with Crippen LogP contribution >= 0.6 is 15.9 Å². The number of aryl methyl sites for hydroxylation is 1. The molecule has 1 saturated carbocycles. The smallest absolute Gasteiger partial charge is 0.132 e. The van der Waals surface area contributed by atoms with Crippen molar-refractivity contribution in [1.82, 2.24) is 9.97 Å². The first-order valence-corrected chi connectivity index (χ1v) is 7.76. The second kappa shape index (κ2) is 5.52. The quantitative estimate of drug-likeness (QED) is 0.887. The molecule has 0 atom stereocenters. The molecule has 1 aliphatic rings. The van der Waals surface area contributed by atoms with Gasteiger partial charge in [-0.05, 0) is 37.5 Å². The first-order chi connectivity index (χ1) is 9.63. The van der Waals surface area contributed by atoms with E-state index in [0.29, 0.717) is 24.5 Å². The van der Waals surface area contributed by atoms with Gasteiger partial charge in [-0.1, -0.05) is 22.0 Å². The second-order valence-electron chi connectivity index (χ2n) is 5.45. The zero-order valence-electron chi connectivity index (χ0n) is 11.4. The van der Waals surface area contributed by atoms with Gasteiger partial charge < -0.3 is 4.98 Å². The molecular weight excluding hydrogens is 316 g/mol. The molecule has 0 aliphatic heterocycles. The molecule has 0 radical (unpaired) electrons. The summed E-state index contributed by atoms with van der Waals surface area (Å²) in [6, 6.07) is 6.25. The van der Waals surface area contributed by atoms with E-state index in [1.807, 2.05) is 12.3 Å². The number of carbonyl (C=O) groups is 1. The molecule has 0 unspecified atom stereocenters. The van der Waals surface area contributed by atoms with Gasteiger partial charge in [0.1, 0.15) is 11.6 Å². The minimum absolute atomic E-state index is 0.385. The normalized spacial score (nSPS) is 16.6. The van der Waals surface area contributed by atoms with Crippen LogP contribution in [-0.2, 0) is 4.79 Å². The summed E-state index contributed by atoms with van der Waals surface area (Å²) in [6.07, 6.45) is 5.13. The maximum Gasteiger partial charge on any atom is 0.132 e. The van der Waals surface area contributed by atoms with E-state index in [1.54, 1.807) is 0 Å². The highest BCUT2D eigenvalue weighted by Gasteiger charge is 2.22. The Bertz CT molecular complexity index is 638. The number of Topliss-reactive ketones (excluding diaryl/α,β-unsaturated/α-hetero) is 1. The van der Waals surface area contributed by atoms with Gasteiger partial charge in [0.15, 0.2) is 0 Å². The number of carbonyl (C=O) groups excluding carboxylic acids is 1. The van der Waals surface area contributed by atoms with Crippen LogP contribution in [-0.4, -0.2) is 15.8 Å². The maximum atomic E-state index is 11.3. The third kappa shape index (κ3) is 2.70. The highest BCUT2D eigenvalue weighted by molar-refractivity contribution is 9.10. The van der Waals surface area contributed by atoms with Crippen molar-refractivity contribution in [3.05, 3.63) is 40.3 Å². The average Bonchev–Trinajstić information content (AvgIpc) is 2.92. The highest BCUT2D eigenvalue weighted by Crippen LogP contribution is 2.32. The van der Waals surface area contributed by atoms with E-state index in [-0.39, 0.29) is 0 Å². The molecule has 0 bridgehead atoms. The van der Waals surface area contributed by atoms with Gasteiger partial charge in [-0.25, -0.2) is 4.98 Å². The lowest BCUT2D eigenvalue weighted by molar-refractivity contribution is -0.120. The number of aromatic nitrogens is 2. The van der Waals surface area contributed by atoms with Crippen LogP contribution < -0.4 is 0 Å². The summed E-state index contributed by atoms with van der Waals surface area (Å²) in [5, 5.41) is 0. The molecular formula is C16H17BrN2O. The van der Waals surface area contributed by atoms with E-state index in [4.69, 9.17) is 0 Å². The first kappa shape index (κ1) is 13.6. The zero-order valence-corrected chi connectivity index (χ0v) is 13.0. The summed E-state index contributed by atoms with van der Waals surface area (Å²) in [5.74, 6) is 1.80. The summed E-state index contributed by atoms with van der Waals surface area (Å²) in [4.78, 5) is 19.3. The van der Waals surface area contributed by atoms with Crippen molar-refractivity contribution < 1.29 is 4.79 Å². The van der Waals surface area contributed by atoms with Crippen molar-refractivity contribution in [1.29, 1.82) is 0 Å². The van der Waals surface area contributed by atoms with Crippen LogP contribution in [0.15, 0.2) is 28.9 Å². The van der Waals surface area contributed by atoms with Crippen molar-refractivity contribution in [3.63, 3.8) is 0 Å². The minimum atomic E-state index is 0.385. The van der Waals surface area contributed by atoms with Crippen molar-refractivity contribution in [2.45, 2.75) is 38.5 Å². The lowest BCUT2D eigenvalue weighted by Gasteiger charge is -2.18. The lowest BCUT2D eigenvalue weighted by atomic mass is 9.88. The standard InChI is InChI=1S/C16H17BrN2O/c1-10-2-5-12(17)8-14(10)15-9-18-16(19-15)11-3-6-13(20)7-4-11/h2,5,8-9,11H,3-4,6-7H2,1H3,(H,18,19). The van der Waals surface area contributed by atoms with Gasteiger partial charge >= 0.3 is 0 Å². The Morgan fingerprint density at radius 3 is 2.80 bits per heavy atom. The third-order valence-corrected chi connectivity index (χ3v) is 4.51. The van der Waals surface area contributed by atoms with Gasteiger partial charge in [-0.3, -0.25) is 4.79 Å². The van der Waals surface area contributed by atoms with Crippen molar-refractivity contribution >= 4 is 21.7 Å². The Hall–Kier alpha value is -1.42. The number of nitrogens with zero attached hydrogens (tertiary/aromatic N) is 1. The number of hydrogen-bond acceptors (Lipinski definition) is 2. The van der Waals surface area contributed by atoms with E-state index >= 15 is 0 Å². The molecule has 1 aromatic carbocycles. The third-order valence-electron chi connectivity index (χ3n) is 4.02. The molecule has 0 spiro atoms. The van der Waals surface area contributed by atoms with Crippen LogP contribution in [0.1, 0.15) is 43.0 Å². The summed E-state index contributed by atoms with van der Waals surface area (Å²) >= 11 is 3.51. The Kier molecular flexibility index (Phi) is 3.74. The van der Waals surface area contributed by atoms with Crippen molar-refractivity contribution in [3.8, 4) is 11.3 Å². The molecule has 1 fully saturated rings. The molecule has 0 saturated heterocycles. The van der Waals surface area contributed by atoms with Crippen LogP contribution in [0.4, 0.5) is 0 Å². The number of imidazole rings is 1. The molecule has 1 aliphatic carbocycles. The number of H-pyrrole nitrogens is 1. The number of aromatic amines is 1. The molecule has 20 heavy (non-hydrogen) atoms. The maximum absolute atomic E-state index is 11.3. The average molecular weight is 333 g/mol. The summed E-state index contributed by atoms with van der Waals surface area (Å²) < 4.78 is 1.07. The Morgan fingerprint density at radius 2 is 2.05 bits per heavy atom. The molecule has 3 rings (SSSR count). The molecule has 2 aromatic rings. The van der Waals surface area contributed by atoms with E-state index in [0.717, 1.165) is 28.8 Å². The lowest BCUT2D eigenvalue weighted by Crippen LogP contribution is -2.13. The van der Waals surface area contributed by atoms with E-state index in [9.17, 15) is 4.79 Å². The second-order valence-corrected chi connectivity index (χ2v) is 6.37. The molecule has 0 amide bonds. The molecule has 1 aromatic heterocycles. The van der Waals surface area contributed by atoms with Crippen LogP contribution in [0.3, 0.4) is 0 Å². The van der Waals surface area contributed by atoms with Crippen molar-refractivity contribution in [2.75, 3.05) is 0 Å². The van der Waals surface area contributed by atoms with Gasteiger partial charge in [-0.15, -0.1) is 0 Å². The number of ketones is 1. The number of hydrogen-bond donors (Lipinski definition) is 1. The summed E-state index contributed by atoms with van der Waals surface area (Å²) in [7, 11) is 0. The van der Waals surface area contributed by atoms with E-state index < -0.39 is 0 Å². The fourth-order valence-corrected chi connectivity index (χ4v) is 3.14. The minimum Gasteiger partial charge on any atom is -0.342 e. The van der Waals surface area contributed by atoms with Gasteiger partial charge in [-0.2, -0.15) is 0 Å². The zero-order chi connectivity index (χ0) is 14.1. The Labute approximate surface area is 126 Å². The molecule has 4 heteroatoms. The number of benzene rings is 1. The molecule has 3 nitrogen and oxygen atoms in total. The predicted molar refractivity (Wildman–Crippen MR) is 82.7 cm³/mol. The highest BCUT2D eigenvalue weighted by atomic mass is 79.9. The Morgan fingerprint density at radius 1 is 1.30 bits per heavy atom. The monoisotopic (exact) mass is 332 g/mol. The van der Waals surface area contributed by atoms with Crippen LogP contribution in [0.5, 0.6) is 0 Å². The number of rotatable bonds is 2. The van der Waals surface area contributed by atoms with Crippen LogP contribution in [0.2, 0.25) is 0 Å². The SMILES string of the molecule is Cc1ccc(Br)cc1-c1cnc(C2CCC(=O)CC2)[nH]1. The fourth-order valence-electron chi connectivity index (χ4n) is 2.78. The predicted octanol–water partition coefficient (Wildman–Crippen LogP) is 4.37. The number of halogens is 1. The summed E-state index contributed by atoms with van der Waals surface area (Å²) in [5.41, 5.74) is 3.45. The number of nitrogens with one attached hydrogen (secondary N) is 1. The largest absolute Gasteiger partial charge is 0.342 e.